The molecule has 1 unspecified atom stereocenters. The Balaban J connectivity index is 2.13. The molecule has 0 saturated carbocycles. The third-order valence-electron chi connectivity index (χ3n) is 4.04. The molecule has 0 aliphatic heterocycles. The molecule has 0 spiro atoms. The summed E-state index contributed by atoms with van der Waals surface area (Å²) in [5, 5.41) is 12.4. The smallest absolute Gasteiger partial charge is 0.119 e. The minimum Gasteiger partial charge on any atom is -0.497 e. The Morgan fingerprint density at radius 3 is 2.95 bits per heavy atom. The summed E-state index contributed by atoms with van der Waals surface area (Å²) in [6, 6.07) is 6.29. The second kappa shape index (κ2) is 6.37. The number of nitrogens with one attached hydrogen (secondary N) is 1. The summed E-state index contributed by atoms with van der Waals surface area (Å²) in [6.45, 7) is 1.65. The number of fused-ring (bicyclic) bond motifs is 1. The Morgan fingerprint density at radius 2 is 2.26 bits per heavy atom. The molecule has 4 nitrogen and oxygen atoms in total. The van der Waals surface area contributed by atoms with Gasteiger partial charge in [-0.3, -0.25) is 0 Å². The lowest BCUT2D eigenvalue weighted by atomic mass is 9.77. The molecule has 0 bridgehead atoms. The van der Waals surface area contributed by atoms with Gasteiger partial charge >= 0.3 is 0 Å². The van der Waals surface area contributed by atoms with Crippen molar-refractivity contribution >= 4 is 0 Å². The topological polar surface area (TPSA) is 67.5 Å². The van der Waals surface area contributed by atoms with Crippen molar-refractivity contribution in [1.82, 2.24) is 5.32 Å². The predicted octanol–water partition coefficient (Wildman–Crippen LogP) is 0.853. The van der Waals surface area contributed by atoms with Gasteiger partial charge in [0.15, 0.2) is 0 Å². The Kier molecular flexibility index (Phi) is 4.80. The van der Waals surface area contributed by atoms with Gasteiger partial charge in [0.2, 0.25) is 0 Å². The van der Waals surface area contributed by atoms with Crippen LogP contribution in [0.15, 0.2) is 18.2 Å². The number of benzene rings is 1. The van der Waals surface area contributed by atoms with Gasteiger partial charge in [0.05, 0.1) is 7.11 Å². The molecule has 0 aromatic heterocycles. The molecule has 4 heteroatoms. The van der Waals surface area contributed by atoms with Crippen molar-refractivity contribution in [2.45, 2.75) is 31.2 Å². The van der Waals surface area contributed by atoms with Crippen LogP contribution in [0.25, 0.3) is 0 Å². The van der Waals surface area contributed by atoms with E-state index >= 15 is 0 Å². The second-order valence-electron chi connectivity index (χ2n) is 5.30. The van der Waals surface area contributed by atoms with Crippen molar-refractivity contribution in [3.8, 4) is 5.75 Å². The van der Waals surface area contributed by atoms with Crippen molar-refractivity contribution in [3.63, 3.8) is 0 Å². The largest absolute Gasteiger partial charge is 0.497 e. The van der Waals surface area contributed by atoms with E-state index in [2.05, 4.69) is 17.4 Å². The number of methoxy groups -OCH3 is 1. The molecule has 1 aliphatic rings. The van der Waals surface area contributed by atoms with E-state index in [4.69, 9.17) is 15.6 Å². The molecular formula is C15H24N2O2. The van der Waals surface area contributed by atoms with Gasteiger partial charge in [-0.25, -0.2) is 0 Å². The minimum absolute atomic E-state index is 0.0332. The molecule has 0 amide bonds. The molecule has 106 valence electrons. The first kappa shape index (κ1) is 14.3. The van der Waals surface area contributed by atoms with Gasteiger partial charge in [-0.05, 0) is 55.5 Å². The summed E-state index contributed by atoms with van der Waals surface area (Å²) in [4.78, 5) is 0. The Morgan fingerprint density at radius 1 is 1.42 bits per heavy atom. The average Bonchev–Trinajstić information content (AvgIpc) is 2.46. The summed E-state index contributed by atoms with van der Waals surface area (Å²) in [7, 11) is 1.69. The maximum atomic E-state index is 8.89. The van der Waals surface area contributed by atoms with Crippen molar-refractivity contribution in [1.29, 1.82) is 0 Å². The molecule has 0 radical (unpaired) electrons. The highest BCUT2D eigenvalue weighted by molar-refractivity contribution is 5.39. The Labute approximate surface area is 115 Å². The van der Waals surface area contributed by atoms with Crippen LogP contribution in [0.4, 0.5) is 0 Å². The molecule has 4 N–H and O–H groups in total. The molecule has 2 rings (SSSR count). The van der Waals surface area contributed by atoms with Crippen molar-refractivity contribution in [2.75, 3.05) is 26.8 Å². The van der Waals surface area contributed by atoms with E-state index in [1.807, 2.05) is 6.07 Å². The van der Waals surface area contributed by atoms with E-state index in [-0.39, 0.29) is 12.1 Å². The molecule has 1 atom stereocenters. The fraction of sp³-hybridized carbons (Fsp3) is 0.600. The highest BCUT2D eigenvalue weighted by Gasteiger charge is 2.32. The van der Waals surface area contributed by atoms with Gasteiger partial charge in [-0.1, -0.05) is 6.07 Å². The summed E-state index contributed by atoms with van der Waals surface area (Å²) < 4.78 is 5.30. The summed E-state index contributed by atoms with van der Waals surface area (Å²) in [5.74, 6) is 0.905. The third kappa shape index (κ3) is 3.26. The molecule has 0 saturated heterocycles. The first-order chi connectivity index (χ1) is 9.23. The number of aryl methyl sites for hydroxylation is 1. The third-order valence-corrected chi connectivity index (χ3v) is 4.04. The molecule has 1 aromatic carbocycles. The zero-order valence-electron chi connectivity index (χ0n) is 11.6. The van der Waals surface area contributed by atoms with Crippen molar-refractivity contribution in [3.05, 3.63) is 29.3 Å². The SMILES string of the molecule is COc1ccc2c(c1)CC(CN)(NCCCO)CC2. The van der Waals surface area contributed by atoms with Gasteiger partial charge in [-0.15, -0.1) is 0 Å². The van der Waals surface area contributed by atoms with Crippen LogP contribution >= 0.6 is 0 Å². The van der Waals surface area contributed by atoms with Crippen molar-refractivity contribution in [2.24, 2.45) is 5.73 Å². The zero-order valence-corrected chi connectivity index (χ0v) is 11.6. The maximum Gasteiger partial charge on any atom is 0.119 e. The zero-order chi connectivity index (χ0) is 13.7. The summed E-state index contributed by atoms with van der Waals surface area (Å²) in [6.07, 6.45) is 3.80. The monoisotopic (exact) mass is 264 g/mol. The lowest BCUT2D eigenvalue weighted by Crippen LogP contribution is -2.55. The first-order valence-electron chi connectivity index (χ1n) is 6.95. The van der Waals surface area contributed by atoms with Crippen LogP contribution in [0.3, 0.4) is 0 Å². The predicted molar refractivity (Wildman–Crippen MR) is 76.5 cm³/mol. The maximum absolute atomic E-state index is 8.89. The van der Waals surface area contributed by atoms with E-state index in [9.17, 15) is 0 Å². The number of rotatable bonds is 6. The molecule has 1 aromatic rings. The van der Waals surface area contributed by atoms with Gasteiger partial charge in [0.1, 0.15) is 5.75 Å². The average molecular weight is 264 g/mol. The van der Waals surface area contributed by atoms with E-state index in [0.29, 0.717) is 6.54 Å². The van der Waals surface area contributed by atoms with Gasteiger partial charge < -0.3 is 20.9 Å². The lowest BCUT2D eigenvalue weighted by molar-refractivity contribution is 0.254. The Hall–Kier alpha value is -1.10. The van der Waals surface area contributed by atoms with Gasteiger partial charge in [0.25, 0.3) is 0 Å². The Bertz CT molecular complexity index is 423. The quantitative estimate of drug-likeness (QED) is 0.667. The second-order valence-corrected chi connectivity index (χ2v) is 5.30. The lowest BCUT2D eigenvalue weighted by Gasteiger charge is -2.38. The number of aliphatic hydroxyl groups excluding tert-OH is 1. The van der Waals surface area contributed by atoms with Crippen LogP contribution in [-0.2, 0) is 12.8 Å². The number of aliphatic hydroxyl groups is 1. The normalized spacial score (nSPS) is 22.1. The highest BCUT2D eigenvalue weighted by Crippen LogP contribution is 2.30. The van der Waals surface area contributed by atoms with E-state index in [1.54, 1.807) is 7.11 Å². The van der Waals surface area contributed by atoms with Crippen LogP contribution in [-0.4, -0.2) is 37.5 Å². The van der Waals surface area contributed by atoms with Crippen LogP contribution in [0, 0.1) is 0 Å². The van der Waals surface area contributed by atoms with Crippen LogP contribution in [0.5, 0.6) is 5.75 Å². The van der Waals surface area contributed by atoms with Crippen molar-refractivity contribution < 1.29 is 9.84 Å². The number of hydrogen-bond acceptors (Lipinski definition) is 4. The van der Waals surface area contributed by atoms with E-state index in [1.165, 1.54) is 11.1 Å². The standard InChI is InChI=1S/C15H24N2O2/c1-19-14-4-3-12-5-6-15(11-16,10-13(12)9-14)17-7-2-8-18/h3-4,9,17-18H,2,5-8,10-11,16H2,1H3. The molecule has 1 aliphatic carbocycles. The summed E-state index contributed by atoms with van der Waals surface area (Å²) >= 11 is 0. The van der Waals surface area contributed by atoms with Crippen LogP contribution in [0.1, 0.15) is 24.0 Å². The van der Waals surface area contributed by atoms with Gasteiger partial charge in [-0.2, -0.15) is 0 Å². The number of ether oxygens (including phenoxy) is 1. The fourth-order valence-corrected chi connectivity index (χ4v) is 2.79. The first-order valence-corrected chi connectivity index (χ1v) is 6.95. The summed E-state index contributed by atoms with van der Waals surface area (Å²) in [5.41, 5.74) is 8.68. The van der Waals surface area contributed by atoms with Crippen LogP contribution in [0.2, 0.25) is 0 Å². The number of hydrogen-bond donors (Lipinski definition) is 3. The molecule has 19 heavy (non-hydrogen) atoms. The fourth-order valence-electron chi connectivity index (χ4n) is 2.79. The van der Waals surface area contributed by atoms with Gasteiger partial charge in [0, 0.05) is 18.7 Å². The minimum atomic E-state index is -0.0332. The molecule has 0 heterocycles. The molecular weight excluding hydrogens is 240 g/mol. The highest BCUT2D eigenvalue weighted by atomic mass is 16.5. The number of nitrogens with two attached hydrogens (primary N) is 1. The molecule has 0 fully saturated rings. The van der Waals surface area contributed by atoms with E-state index < -0.39 is 0 Å². The van der Waals surface area contributed by atoms with E-state index in [0.717, 1.165) is 38.0 Å². The van der Waals surface area contributed by atoms with Crippen LogP contribution < -0.4 is 15.8 Å².